The van der Waals surface area contributed by atoms with Crippen LogP contribution in [-0.4, -0.2) is 59.0 Å². The molecule has 5 atom stereocenters. The summed E-state index contributed by atoms with van der Waals surface area (Å²) < 4.78 is 62.6. The van der Waals surface area contributed by atoms with Gasteiger partial charge in [0.25, 0.3) is 0 Å². The molecule has 1 unspecified atom stereocenters. The molecular formula is C19H22ClF2N5O7P2. The van der Waals surface area contributed by atoms with Gasteiger partial charge in [0.05, 0.1) is 25.1 Å². The number of halogens is 3. The molecule has 0 spiro atoms. The van der Waals surface area contributed by atoms with E-state index in [0.29, 0.717) is 0 Å². The first-order valence-corrected chi connectivity index (χ1v) is 14.5. The summed E-state index contributed by atoms with van der Waals surface area (Å²) in [5, 5.41) is 2.98. The van der Waals surface area contributed by atoms with Crippen molar-refractivity contribution in [2.45, 2.75) is 37.9 Å². The summed E-state index contributed by atoms with van der Waals surface area (Å²) in [7, 11) is -9.41. The number of hydrogen-bond acceptors (Lipinski definition) is 8. The number of rotatable bonds is 9. The van der Waals surface area contributed by atoms with Crippen molar-refractivity contribution in [3.63, 3.8) is 0 Å². The highest BCUT2D eigenvalue weighted by Crippen LogP contribution is 2.55. The van der Waals surface area contributed by atoms with Gasteiger partial charge in [-0.05, 0) is 36.2 Å². The molecule has 196 valence electrons. The summed E-state index contributed by atoms with van der Waals surface area (Å²) in [6.07, 6.45) is -2.72. The second-order valence-electron chi connectivity index (χ2n) is 8.22. The first-order valence-electron chi connectivity index (χ1n) is 10.5. The van der Waals surface area contributed by atoms with Gasteiger partial charge < -0.3 is 29.3 Å². The van der Waals surface area contributed by atoms with Gasteiger partial charge in [0.15, 0.2) is 29.1 Å². The number of anilines is 1. The van der Waals surface area contributed by atoms with E-state index >= 15 is 0 Å². The standard InChI is InChI=1S/C19H22ClF2N5O7P2/c1-10(11-2-4-12(21)5-3-11)24-16-15-17(26-19(20)25-16)27(8-23-15)18-14(22)6-13(34-18)7-33-36(31,32)9-35(28,29)30/h2-5,8,10,13-14,18H,6-7,9H2,1H3,(H,31,32)(H,24,25,26)(H2,28,29,30)/t10-,13+,14+,18-/m1/s1. The van der Waals surface area contributed by atoms with Crippen LogP contribution in [0.3, 0.4) is 0 Å². The highest BCUT2D eigenvalue weighted by molar-refractivity contribution is 7.70. The third-order valence-electron chi connectivity index (χ3n) is 5.35. The maximum absolute atomic E-state index is 14.9. The van der Waals surface area contributed by atoms with Crippen LogP contribution in [0.5, 0.6) is 0 Å². The Kier molecular flexibility index (Phi) is 7.80. The van der Waals surface area contributed by atoms with Crippen molar-refractivity contribution in [2.75, 3.05) is 17.8 Å². The summed E-state index contributed by atoms with van der Waals surface area (Å²) in [4.78, 5) is 39.9. The van der Waals surface area contributed by atoms with Crippen LogP contribution in [0, 0.1) is 5.82 Å². The SMILES string of the molecule is C[C@@H](Nc1nc(Cl)nc2c1ncn2[C@@H]1O[C@H](COP(=O)(O)CP(=O)(O)O)C[C@@H]1F)c1ccc(F)cc1. The van der Waals surface area contributed by atoms with Gasteiger partial charge in [0, 0.05) is 6.42 Å². The van der Waals surface area contributed by atoms with Gasteiger partial charge in [0.2, 0.25) is 5.28 Å². The van der Waals surface area contributed by atoms with Crippen molar-refractivity contribution in [3.8, 4) is 0 Å². The van der Waals surface area contributed by atoms with Crippen LogP contribution in [0.1, 0.15) is 31.2 Å². The molecule has 0 radical (unpaired) electrons. The van der Waals surface area contributed by atoms with Crippen LogP contribution < -0.4 is 5.32 Å². The third-order valence-corrected chi connectivity index (χ3v) is 8.97. The fourth-order valence-electron chi connectivity index (χ4n) is 3.74. The maximum Gasteiger partial charge on any atom is 0.340 e. The van der Waals surface area contributed by atoms with E-state index in [-0.39, 0.29) is 40.5 Å². The maximum atomic E-state index is 14.9. The largest absolute Gasteiger partial charge is 0.362 e. The summed E-state index contributed by atoms with van der Waals surface area (Å²) >= 11 is 6.10. The Balaban J connectivity index is 1.51. The minimum absolute atomic E-state index is 0.148. The lowest BCUT2D eigenvalue weighted by molar-refractivity contribution is -0.0324. The number of nitrogens with zero attached hydrogens (tertiary/aromatic N) is 4. The predicted octanol–water partition coefficient (Wildman–Crippen LogP) is 3.75. The summed E-state index contributed by atoms with van der Waals surface area (Å²) in [5.74, 6) is -1.47. The molecule has 0 bridgehead atoms. The van der Waals surface area contributed by atoms with Crippen LogP contribution >= 0.6 is 26.8 Å². The van der Waals surface area contributed by atoms with E-state index in [1.807, 2.05) is 6.92 Å². The molecule has 1 aliphatic rings. The van der Waals surface area contributed by atoms with E-state index < -0.39 is 46.2 Å². The van der Waals surface area contributed by atoms with Crippen molar-refractivity contribution in [1.29, 1.82) is 0 Å². The van der Waals surface area contributed by atoms with E-state index in [1.54, 1.807) is 12.1 Å². The minimum Gasteiger partial charge on any atom is -0.362 e. The van der Waals surface area contributed by atoms with Crippen molar-refractivity contribution >= 4 is 43.8 Å². The van der Waals surface area contributed by atoms with E-state index in [0.717, 1.165) is 5.56 Å². The molecule has 36 heavy (non-hydrogen) atoms. The van der Waals surface area contributed by atoms with Crippen LogP contribution in [0.4, 0.5) is 14.6 Å². The molecule has 0 saturated carbocycles. The topological polar surface area (TPSA) is 169 Å². The second kappa shape index (κ2) is 10.4. The van der Waals surface area contributed by atoms with Crippen molar-refractivity contribution in [3.05, 3.63) is 47.3 Å². The average Bonchev–Trinajstić information content (AvgIpc) is 3.34. The van der Waals surface area contributed by atoms with E-state index in [4.69, 9.17) is 30.6 Å². The number of alkyl halides is 1. The van der Waals surface area contributed by atoms with Crippen molar-refractivity contribution in [2.24, 2.45) is 0 Å². The molecule has 1 aromatic carbocycles. The van der Waals surface area contributed by atoms with Gasteiger partial charge in [-0.3, -0.25) is 13.7 Å². The van der Waals surface area contributed by atoms with E-state index in [9.17, 15) is 22.8 Å². The number of aromatic nitrogens is 4. The number of nitrogens with one attached hydrogen (secondary N) is 1. The second-order valence-corrected chi connectivity index (χ2v) is 12.6. The molecule has 2 aromatic heterocycles. The molecule has 12 nitrogen and oxygen atoms in total. The lowest BCUT2D eigenvalue weighted by atomic mass is 10.1. The highest BCUT2D eigenvalue weighted by atomic mass is 35.5. The zero-order chi connectivity index (χ0) is 26.3. The van der Waals surface area contributed by atoms with Crippen molar-refractivity contribution in [1.82, 2.24) is 19.5 Å². The molecule has 1 fully saturated rings. The fourth-order valence-corrected chi connectivity index (χ4v) is 6.50. The van der Waals surface area contributed by atoms with Crippen LogP contribution in [0.2, 0.25) is 5.28 Å². The lowest BCUT2D eigenvalue weighted by Crippen LogP contribution is -2.18. The Hall–Kier alpha value is -2.02. The molecule has 17 heteroatoms. The molecule has 3 aromatic rings. The average molecular weight is 568 g/mol. The third kappa shape index (κ3) is 6.45. The number of ether oxygens (including phenoxy) is 1. The molecule has 1 aliphatic heterocycles. The predicted molar refractivity (Wildman–Crippen MR) is 125 cm³/mol. The quantitative estimate of drug-likeness (QED) is 0.219. The number of benzene rings is 1. The Morgan fingerprint density at radius 3 is 2.64 bits per heavy atom. The smallest absolute Gasteiger partial charge is 0.340 e. The first-order chi connectivity index (χ1) is 16.8. The van der Waals surface area contributed by atoms with Gasteiger partial charge in [0.1, 0.15) is 12.0 Å². The Labute approximate surface area is 208 Å². The Morgan fingerprint density at radius 2 is 1.97 bits per heavy atom. The molecule has 4 N–H and O–H groups in total. The normalized spacial score (nSPS) is 23.0. The van der Waals surface area contributed by atoms with E-state index in [1.165, 1.54) is 23.0 Å². The van der Waals surface area contributed by atoms with Gasteiger partial charge in [-0.1, -0.05) is 12.1 Å². The zero-order valence-electron chi connectivity index (χ0n) is 18.6. The first kappa shape index (κ1) is 27.0. The van der Waals surface area contributed by atoms with Gasteiger partial charge in [-0.15, -0.1) is 0 Å². The molecule has 1 saturated heterocycles. The Bertz CT molecular complexity index is 1340. The highest BCUT2D eigenvalue weighted by Gasteiger charge is 2.40. The summed E-state index contributed by atoms with van der Waals surface area (Å²) in [5.41, 5.74) is 1.20. The molecule has 3 heterocycles. The minimum atomic E-state index is -4.80. The van der Waals surface area contributed by atoms with Gasteiger partial charge >= 0.3 is 15.2 Å². The van der Waals surface area contributed by atoms with Gasteiger partial charge in [-0.2, -0.15) is 9.97 Å². The molecule has 4 rings (SSSR count). The van der Waals surface area contributed by atoms with Crippen LogP contribution in [0.15, 0.2) is 30.6 Å². The summed E-state index contributed by atoms with van der Waals surface area (Å²) in [6, 6.07) is 5.56. The number of fused-ring (bicyclic) bond motifs is 1. The molecule has 0 aliphatic carbocycles. The molecule has 0 amide bonds. The van der Waals surface area contributed by atoms with E-state index in [2.05, 4.69) is 20.3 Å². The lowest BCUT2D eigenvalue weighted by Gasteiger charge is -2.18. The van der Waals surface area contributed by atoms with Crippen molar-refractivity contribution < 1.29 is 41.9 Å². The number of imidazole rings is 1. The zero-order valence-corrected chi connectivity index (χ0v) is 21.2. The summed E-state index contributed by atoms with van der Waals surface area (Å²) in [6.45, 7) is 1.26. The number of hydrogen-bond donors (Lipinski definition) is 4. The van der Waals surface area contributed by atoms with Crippen LogP contribution in [0.25, 0.3) is 11.2 Å². The van der Waals surface area contributed by atoms with Gasteiger partial charge in [-0.25, -0.2) is 13.8 Å². The van der Waals surface area contributed by atoms with Crippen LogP contribution in [-0.2, 0) is 18.4 Å². The monoisotopic (exact) mass is 567 g/mol. The fraction of sp³-hybridized carbons (Fsp3) is 0.421. The molecular weight excluding hydrogens is 546 g/mol. The Morgan fingerprint density at radius 1 is 1.28 bits per heavy atom.